The maximum Gasteiger partial charge on any atom is 0.167 e. The molecule has 0 unspecified atom stereocenters. The molecule has 4 nitrogen and oxygen atoms in total. The van der Waals surface area contributed by atoms with Crippen LogP contribution in [0.15, 0.2) is 12.1 Å². The molecule has 2 N–H and O–H groups in total. The molecule has 1 saturated heterocycles. The molecule has 0 atom stereocenters. The van der Waals surface area contributed by atoms with Crippen molar-refractivity contribution in [1.82, 2.24) is 4.90 Å². The first-order valence-corrected chi connectivity index (χ1v) is 6.67. The summed E-state index contributed by atoms with van der Waals surface area (Å²) < 4.78 is 24.7. The van der Waals surface area contributed by atoms with E-state index >= 15 is 0 Å². The van der Waals surface area contributed by atoms with Crippen molar-refractivity contribution in [2.24, 2.45) is 0 Å². The largest absolute Gasteiger partial charge is 0.491 e. The number of hydrogen-bond acceptors (Lipinski definition) is 4. The number of piperidine rings is 1. The third-order valence-corrected chi connectivity index (χ3v) is 3.32. The van der Waals surface area contributed by atoms with Crippen molar-refractivity contribution in [2.75, 3.05) is 32.5 Å². The van der Waals surface area contributed by atoms with E-state index in [1.807, 2.05) is 6.92 Å². The van der Waals surface area contributed by atoms with Gasteiger partial charge in [-0.05, 0) is 26.8 Å². The minimum Gasteiger partial charge on any atom is -0.491 e. The molecule has 2 rings (SSSR count). The van der Waals surface area contributed by atoms with Crippen molar-refractivity contribution in [2.45, 2.75) is 25.9 Å². The van der Waals surface area contributed by atoms with E-state index in [0.717, 1.165) is 25.9 Å². The Bertz CT molecular complexity index is 432. The van der Waals surface area contributed by atoms with Gasteiger partial charge in [-0.2, -0.15) is 0 Å². The lowest BCUT2D eigenvalue weighted by molar-refractivity contribution is 0.114. The van der Waals surface area contributed by atoms with E-state index in [2.05, 4.69) is 11.9 Å². The molecule has 1 aliphatic rings. The highest BCUT2D eigenvalue weighted by Gasteiger charge is 2.20. The average Bonchev–Trinajstić information content (AvgIpc) is 2.38. The van der Waals surface area contributed by atoms with Crippen LogP contribution in [-0.2, 0) is 0 Å². The first-order valence-electron chi connectivity index (χ1n) is 6.67. The Balaban J connectivity index is 2.08. The topological polar surface area (TPSA) is 47.7 Å². The maximum absolute atomic E-state index is 13.6. The van der Waals surface area contributed by atoms with E-state index in [1.165, 1.54) is 6.07 Å². The van der Waals surface area contributed by atoms with Crippen molar-refractivity contribution in [3.8, 4) is 11.5 Å². The van der Waals surface area contributed by atoms with Crippen LogP contribution in [-0.4, -0.2) is 37.7 Å². The van der Waals surface area contributed by atoms with Crippen LogP contribution in [0.5, 0.6) is 11.5 Å². The standard InChI is InChI=1S/C14H21FN2O2/c1-3-18-13-9-14(12(16)8-11(13)15)19-10-4-6-17(2)7-5-10/h8-10H,3-7,16H2,1-2H3. The summed E-state index contributed by atoms with van der Waals surface area (Å²) in [5.74, 6) is 0.258. The normalized spacial score (nSPS) is 17.4. The van der Waals surface area contributed by atoms with Crippen LogP contribution in [0, 0.1) is 5.82 Å². The van der Waals surface area contributed by atoms with Gasteiger partial charge in [0, 0.05) is 25.2 Å². The summed E-state index contributed by atoms with van der Waals surface area (Å²) in [5.41, 5.74) is 6.12. The van der Waals surface area contributed by atoms with Gasteiger partial charge >= 0.3 is 0 Å². The number of nitrogens with two attached hydrogens (primary N) is 1. The van der Waals surface area contributed by atoms with Crippen LogP contribution >= 0.6 is 0 Å². The second-order valence-corrected chi connectivity index (χ2v) is 4.87. The van der Waals surface area contributed by atoms with Gasteiger partial charge < -0.3 is 20.1 Å². The van der Waals surface area contributed by atoms with Crippen LogP contribution in [0.1, 0.15) is 19.8 Å². The van der Waals surface area contributed by atoms with Crippen LogP contribution in [0.4, 0.5) is 10.1 Å². The average molecular weight is 268 g/mol. The molecule has 1 aromatic carbocycles. The van der Waals surface area contributed by atoms with Gasteiger partial charge in [0.2, 0.25) is 0 Å². The third kappa shape index (κ3) is 3.50. The molecule has 5 heteroatoms. The second-order valence-electron chi connectivity index (χ2n) is 4.87. The van der Waals surface area contributed by atoms with Gasteiger partial charge in [-0.15, -0.1) is 0 Å². The monoisotopic (exact) mass is 268 g/mol. The van der Waals surface area contributed by atoms with Gasteiger partial charge in [0.25, 0.3) is 0 Å². The molecular formula is C14H21FN2O2. The Morgan fingerprint density at radius 2 is 2.00 bits per heavy atom. The zero-order valence-electron chi connectivity index (χ0n) is 11.5. The summed E-state index contributed by atoms with van der Waals surface area (Å²) >= 11 is 0. The molecule has 0 aromatic heterocycles. The lowest BCUT2D eigenvalue weighted by Crippen LogP contribution is -2.35. The van der Waals surface area contributed by atoms with Gasteiger partial charge in [-0.25, -0.2) is 4.39 Å². The molecule has 19 heavy (non-hydrogen) atoms. The number of ether oxygens (including phenoxy) is 2. The highest BCUT2D eigenvalue weighted by atomic mass is 19.1. The zero-order chi connectivity index (χ0) is 13.8. The third-order valence-electron chi connectivity index (χ3n) is 3.32. The van der Waals surface area contributed by atoms with Crippen LogP contribution in [0.2, 0.25) is 0 Å². The van der Waals surface area contributed by atoms with E-state index in [0.29, 0.717) is 18.0 Å². The summed E-state index contributed by atoms with van der Waals surface area (Å²) in [6, 6.07) is 2.81. The van der Waals surface area contributed by atoms with Crippen LogP contribution in [0.25, 0.3) is 0 Å². The van der Waals surface area contributed by atoms with Crippen molar-refractivity contribution in [1.29, 1.82) is 0 Å². The van der Waals surface area contributed by atoms with E-state index in [-0.39, 0.29) is 11.9 Å². The Kier molecular flexibility index (Phi) is 4.47. The SMILES string of the molecule is CCOc1cc(OC2CCN(C)CC2)c(N)cc1F. The first kappa shape index (κ1) is 13.9. The molecule has 1 aliphatic heterocycles. The van der Waals surface area contributed by atoms with Gasteiger partial charge in [-0.3, -0.25) is 0 Å². The number of halogens is 1. The summed E-state index contributed by atoms with van der Waals surface area (Å²) in [6.45, 7) is 4.23. The van der Waals surface area contributed by atoms with E-state index in [4.69, 9.17) is 15.2 Å². The van der Waals surface area contributed by atoms with Crippen molar-refractivity contribution < 1.29 is 13.9 Å². The Labute approximate surface area is 113 Å². The molecule has 1 fully saturated rings. The first-order chi connectivity index (χ1) is 9.10. The molecule has 0 saturated carbocycles. The van der Waals surface area contributed by atoms with Gasteiger partial charge in [-0.1, -0.05) is 0 Å². The number of likely N-dealkylation sites (tertiary alicyclic amines) is 1. The van der Waals surface area contributed by atoms with E-state index in [9.17, 15) is 4.39 Å². The van der Waals surface area contributed by atoms with Crippen LogP contribution < -0.4 is 15.2 Å². The van der Waals surface area contributed by atoms with Gasteiger partial charge in [0.15, 0.2) is 11.6 Å². The lowest BCUT2D eigenvalue weighted by atomic mass is 10.1. The number of hydrogen-bond donors (Lipinski definition) is 1. The molecular weight excluding hydrogens is 247 g/mol. The lowest BCUT2D eigenvalue weighted by Gasteiger charge is -2.29. The molecule has 1 heterocycles. The molecule has 0 aliphatic carbocycles. The molecule has 0 spiro atoms. The zero-order valence-corrected chi connectivity index (χ0v) is 11.5. The summed E-state index contributed by atoms with van der Waals surface area (Å²) in [4.78, 5) is 2.26. The Morgan fingerprint density at radius 1 is 1.32 bits per heavy atom. The number of nitrogens with zero attached hydrogens (tertiary/aromatic N) is 1. The van der Waals surface area contributed by atoms with Crippen molar-refractivity contribution in [3.05, 3.63) is 17.9 Å². The van der Waals surface area contributed by atoms with Gasteiger partial charge in [0.1, 0.15) is 11.9 Å². The molecule has 0 amide bonds. The smallest absolute Gasteiger partial charge is 0.167 e. The number of benzene rings is 1. The minimum atomic E-state index is -0.449. The predicted octanol–water partition coefficient (Wildman–Crippen LogP) is 2.28. The summed E-state index contributed by atoms with van der Waals surface area (Å²) in [5, 5.41) is 0. The van der Waals surface area contributed by atoms with Crippen molar-refractivity contribution >= 4 is 5.69 Å². The minimum absolute atomic E-state index is 0.137. The van der Waals surface area contributed by atoms with Crippen molar-refractivity contribution in [3.63, 3.8) is 0 Å². The molecule has 0 bridgehead atoms. The summed E-state index contributed by atoms with van der Waals surface area (Å²) in [6.07, 6.45) is 2.05. The predicted molar refractivity (Wildman–Crippen MR) is 73.1 cm³/mol. The number of rotatable bonds is 4. The summed E-state index contributed by atoms with van der Waals surface area (Å²) in [7, 11) is 2.09. The Hall–Kier alpha value is -1.49. The van der Waals surface area contributed by atoms with E-state index < -0.39 is 5.82 Å². The fraction of sp³-hybridized carbons (Fsp3) is 0.571. The second kappa shape index (κ2) is 6.10. The molecule has 106 valence electrons. The highest BCUT2D eigenvalue weighted by molar-refractivity contribution is 5.56. The van der Waals surface area contributed by atoms with Gasteiger partial charge in [0.05, 0.1) is 12.3 Å². The highest BCUT2D eigenvalue weighted by Crippen LogP contribution is 2.32. The molecule has 0 radical (unpaired) electrons. The quantitative estimate of drug-likeness (QED) is 0.851. The van der Waals surface area contributed by atoms with E-state index in [1.54, 1.807) is 6.07 Å². The fourth-order valence-electron chi connectivity index (χ4n) is 2.20. The molecule has 1 aromatic rings. The number of nitrogen functional groups attached to an aromatic ring is 1. The van der Waals surface area contributed by atoms with Crippen LogP contribution in [0.3, 0.4) is 0 Å². The number of anilines is 1. The Morgan fingerprint density at radius 3 is 2.63 bits per heavy atom. The fourth-order valence-corrected chi connectivity index (χ4v) is 2.20. The maximum atomic E-state index is 13.6.